The van der Waals surface area contributed by atoms with Crippen molar-refractivity contribution < 1.29 is 14.4 Å². The molecule has 0 aliphatic rings. The number of amides is 3. The molecule has 0 saturated carbocycles. The SMILES string of the molecule is Cc1ccccc1C(=O)NNC(=O)CCC(=O)Nc1nccs1. The summed E-state index contributed by atoms with van der Waals surface area (Å²) in [6, 6.07) is 7.04. The number of hydrogen-bond donors (Lipinski definition) is 3. The largest absolute Gasteiger partial charge is 0.302 e. The van der Waals surface area contributed by atoms with E-state index in [0.717, 1.165) is 5.56 Å². The fourth-order valence-electron chi connectivity index (χ4n) is 1.78. The number of rotatable bonds is 5. The topological polar surface area (TPSA) is 100 Å². The smallest absolute Gasteiger partial charge is 0.269 e. The zero-order valence-corrected chi connectivity index (χ0v) is 13.3. The lowest BCUT2D eigenvalue weighted by Gasteiger charge is -2.09. The molecule has 1 heterocycles. The Balaban J connectivity index is 1.72. The molecule has 8 heteroatoms. The minimum atomic E-state index is -0.443. The van der Waals surface area contributed by atoms with Gasteiger partial charge in [-0.1, -0.05) is 18.2 Å². The number of hydrogen-bond acceptors (Lipinski definition) is 5. The van der Waals surface area contributed by atoms with E-state index in [1.54, 1.807) is 36.7 Å². The van der Waals surface area contributed by atoms with Crippen molar-refractivity contribution in [3.8, 4) is 0 Å². The summed E-state index contributed by atoms with van der Waals surface area (Å²) in [7, 11) is 0. The van der Waals surface area contributed by atoms with Crippen LogP contribution in [-0.4, -0.2) is 22.7 Å². The lowest BCUT2D eigenvalue weighted by molar-refractivity contribution is -0.124. The van der Waals surface area contributed by atoms with E-state index in [9.17, 15) is 14.4 Å². The van der Waals surface area contributed by atoms with Gasteiger partial charge in [-0.3, -0.25) is 25.2 Å². The molecule has 1 aromatic carbocycles. The molecule has 0 atom stereocenters. The van der Waals surface area contributed by atoms with Gasteiger partial charge in [0.1, 0.15) is 0 Å². The summed E-state index contributed by atoms with van der Waals surface area (Å²) in [5.74, 6) is -1.15. The molecule has 0 fully saturated rings. The Hall–Kier alpha value is -2.74. The molecule has 0 aliphatic carbocycles. The number of hydrazine groups is 1. The quantitative estimate of drug-likeness (QED) is 0.725. The van der Waals surface area contributed by atoms with Gasteiger partial charge in [-0.05, 0) is 18.6 Å². The van der Waals surface area contributed by atoms with Crippen LogP contribution in [0.3, 0.4) is 0 Å². The summed E-state index contributed by atoms with van der Waals surface area (Å²) >= 11 is 1.30. The molecule has 1 aromatic heterocycles. The Bertz CT molecular complexity index is 701. The first-order valence-corrected chi connectivity index (χ1v) is 7.78. The number of anilines is 1. The molecule has 0 saturated heterocycles. The van der Waals surface area contributed by atoms with E-state index < -0.39 is 11.8 Å². The third-order valence-electron chi connectivity index (χ3n) is 2.96. The lowest BCUT2D eigenvalue weighted by atomic mass is 10.1. The van der Waals surface area contributed by atoms with Crippen molar-refractivity contribution in [3.05, 3.63) is 47.0 Å². The molecular formula is C15H16N4O3S. The molecule has 2 rings (SSSR count). The van der Waals surface area contributed by atoms with Crippen LogP contribution in [0.25, 0.3) is 0 Å². The van der Waals surface area contributed by atoms with Crippen molar-refractivity contribution in [1.29, 1.82) is 0 Å². The highest BCUT2D eigenvalue weighted by molar-refractivity contribution is 7.13. The highest BCUT2D eigenvalue weighted by Crippen LogP contribution is 2.10. The van der Waals surface area contributed by atoms with Crippen LogP contribution in [0.4, 0.5) is 5.13 Å². The Morgan fingerprint density at radius 2 is 1.83 bits per heavy atom. The average molecular weight is 332 g/mol. The highest BCUT2D eigenvalue weighted by Gasteiger charge is 2.11. The standard InChI is InChI=1S/C15H16N4O3S/c1-10-4-2-3-5-11(10)14(22)19-18-13(21)7-6-12(20)17-15-16-8-9-23-15/h2-5,8-9H,6-7H2,1H3,(H,18,21)(H,19,22)(H,16,17,20). The summed E-state index contributed by atoms with van der Waals surface area (Å²) in [6.07, 6.45) is 1.55. The molecule has 2 aromatic rings. The number of thiazole rings is 1. The zero-order valence-electron chi connectivity index (χ0n) is 12.5. The summed E-state index contributed by atoms with van der Waals surface area (Å²) < 4.78 is 0. The van der Waals surface area contributed by atoms with Gasteiger partial charge in [0, 0.05) is 30.0 Å². The van der Waals surface area contributed by atoms with Gasteiger partial charge in [-0.15, -0.1) is 11.3 Å². The van der Waals surface area contributed by atoms with E-state index in [-0.39, 0.29) is 18.7 Å². The number of nitrogens with zero attached hydrogens (tertiary/aromatic N) is 1. The van der Waals surface area contributed by atoms with Crippen LogP contribution in [0, 0.1) is 6.92 Å². The monoisotopic (exact) mass is 332 g/mol. The summed E-state index contributed by atoms with van der Waals surface area (Å²) in [4.78, 5) is 39.1. The van der Waals surface area contributed by atoms with Crippen LogP contribution in [0.1, 0.15) is 28.8 Å². The Kier molecular flexibility index (Phi) is 5.81. The van der Waals surface area contributed by atoms with E-state index in [0.29, 0.717) is 10.7 Å². The van der Waals surface area contributed by atoms with E-state index in [1.807, 2.05) is 6.07 Å². The summed E-state index contributed by atoms with van der Waals surface area (Å²) in [5.41, 5.74) is 5.91. The first-order chi connectivity index (χ1) is 11.1. The molecular weight excluding hydrogens is 316 g/mol. The van der Waals surface area contributed by atoms with Gasteiger partial charge >= 0.3 is 0 Å². The Morgan fingerprint density at radius 1 is 1.09 bits per heavy atom. The predicted octanol–water partition coefficient (Wildman–Crippen LogP) is 1.63. The van der Waals surface area contributed by atoms with Gasteiger partial charge in [0.05, 0.1) is 0 Å². The van der Waals surface area contributed by atoms with Crippen LogP contribution in [-0.2, 0) is 9.59 Å². The molecule has 23 heavy (non-hydrogen) atoms. The van der Waals surface area contributed by atoms with Crippen molar-refractivity contribution in [2.45, 2.75) is 19.8 Å². The number of carbonyl (C=O) groups is 3. The van der Waals surface area contributed by atoms with Crippen molar-refractivity contribution in [3.63, 3.8) is 0 Å². The maximum atomic E-state index is 11.9. The van der Waals surface area contributed by atoms with Crippen molar-refractivity contribution in [2.24, 2.45) is 0 Å². The second-order valence-corrected chi connectivity index (χ2v) is 5.60. The second-order valence-electron chi connectivity index (χ2n) is 4.70. The molecule has 0 aliphatic heterocycles. The van der Waals surface area contributed by atoms with Crippen LogP contribution in [0.5, 0.6) is 0 Å². The zero-order chi connectivity index (χ0) is 16.7. The number of nitrogens with one attached hydrogen (secondary N) is 3. The normalized spacial score (nSPS) is 9.96. The molecule has 0 radical (unpaired) electrons. The molecule has 0 bridgehead atoms. The highest BCUT2D eigenvalue weighted by atomic mass is 32.1. The summed E-state index contributed by atoms with van der Waals surface area (Å²) in [5, 5.41) is 4.81. The van der Waals surface area contributed by atoms with Crippen LogP contribution in [0.2, 0.25) is 0 Å². The predicted molar refractivity (Wildman–Crippen MR) is 86.8 cm³/mol. The van der Waals surface area contributed by atoms with Gasteiger partial charge in [0.25, 0.3) is 5.91 Å². The van der Waals surface area contributed by atoms with Crippen molar-refractivity contribution in [1.82, 2.24) is 15.8 Å². The minimum Gasteiger partial charge on any atom is -0.302 e. The number of benzene rings is 1. The van der Waals surface area contributed by atoms with Gasteiger partial charge < -0.3 is 5.32 Å². The van der Waals surface area contributed by atoms with Crippen molar-refractivity contribution >= 4 is 34.2 Å². The third-order valence-corrected chi connectivity index (χ3v) is 3.65. The lowest BCUT2D eigenvalue weighted by Crippen LogP contribution is -2.42. The molecule has 120 valence electrons. The third kappa shape index (κ3) is 5.19. The summed E-state index contributed by atoms with van der Waals surface area (Å²) in [6.45, 7) is 1.81. The minimum absolute atomic E-state index is 0.00560. The van der Waals surface area contributed by atoms with Crippen LogP contribution in [0.15, 0.2) is 35.8 Å². The van der Waals surface area contributed by atoms with Gasteiger partial charge in [0.15, 0.2) is 5.13 Å². The maximum Gasteiger partial charge on any atom is 0.269 e. The van der Waals surface area contributed by atoms with E-state index >= 15 is 0 Å². The van der Waals surface area contributed by atoms with Gasteiger partial charge in [0.2, 0.25) is 11.8 Å². The molecule has 3 N–H and O–H groups in total. The molecule has 0 unspecified atom stereocenters. The molecule has 0 spiro atoms. The first kappa shape index (κ1) is 16.6. The van der Waals surface area contributed by atoms with E-state index in [4.69, 9.17) is 0 Å². The number of aryl methyl sites for hydroxylation is 1. The number of carbonyl (C=O) groups excluding carboxylic acids is 3. The first-order valence-electron chi connectivity index (χ1n) is 6.90. The van der Waals surface area contributed by atoms with Crippen LogP contribution < -0.4 is 16.2 Å². The van der Waals surface area contributed by atoms with E-state index in [1.165, 1.54) is 11.3 Å². The fourth-order valence-corrected chi connectivity index (χ4v) is 2.32. The maximum absolute atomic E-state index is 11.9. The number of aromatic nitrogens is 1. The molecule has 7 nitrogen and oxygen atoms in total. The molecule has 3 amide bonds. The van der Waals surface area contributed by atoms with E-state index in [2.05, 4.69) is 21.2 Å². The Labute approximate surface area is 137 Å². The Morgan fingerprint density at radius 3 is 2.52 bits per heavy atom. The van der Waals surface area contributed by atoms with Gasteiger partial charge in [-0.2, -0.15) is 0 Å². The van der Waals surface area contributed by atoms with Gasteiger partial charge in [-0.25, -0.2) is 4.98 Å². The average Bonchev–Trinajstić information content (AvgIpc) is 3.04. The van der Waals surface area contributed by atoms with Crippen molar-refractivity contribution in [2.75, 3.05) is 5.32 Å². The van der Waals surface area contributed by atoms with Crippen LogP contribution >= 0.6 is 11.3 Å². The fraction of sp³-hybridized carbons (Fsp3) is 0.200. The second kappa shape index (κ2) is 8.04.